The van der Waals surface area contributed by atoms with Crippen molar-refractivity contribution in [1.29, 1.82) is 0 Å². The highest BCUT2D eigenvalue weighted by atomic mass is 35.5. The fourth-order valence-electron chi connectivity index (χ4n) is 3.28. The predicted molar refractivity (Wildman–Crippen MR) is 92.5 cm³/mol. The Bertz CT molecular complexity index is 886. The lowest BCUT2D eigenvalue weighted by Gasteiger charge is -2.26. The average molecular weight is 381 g/mol. The molecule has 2 aliphatic heterocycles. The number of rotatable bonds is 3. The zero-order valence-corrected chi connectivity index (χ0v) is 15.0. The fourth-order valence-corrected chi connectivity index (χ4v) is 5.02. The maximum Gasteiger partial charge on any atom is 0.245 e. The molecule has 0 saturated carbocycles. The summed E-state index contributed by atoms with van der Waals surface area (Å²) in [5.74, 6) is 1.37. The molecule has 1 atom stereocenters. The molecule has 4 rings (SSSR count). The van der Waals surface area contributed by atoms with Crippen LogP contribution in [0, 0.1) is 0 Å². The van der Waals surface area contributed by atoms with Crippen molar-refractivity contribution >= 4 is 21.6 Å². The normalized spacial score (nSPS) is 20.6. The van der Waals surface area contributed by atoms with Gasteiger partial charge in [0, 0.05) is 12.7 Å². The first-order valence-electron chi connectivity index (χ1n) is 8.09. The van der Waals surface area contributed by atoms with Gasteiger partial charge in [-0.3, -0.25) is 0 Å². The quantitative estimate of drug-likeness (QED) is 0.765. The third kappa shape index (κ3) is 3.07. The summed E-state index contributed by atoms with van der Waals surface area (Å²) in [6.45, 7) is 1.50. The van der Waals surface area contributed by atoms with Crippen molar-refractivity contribution in [1.82, 2.24) is 9.29 Å². The van der Waals surface area contributed by atoms with Crippen LogP contribution in [0.4, 0.5) is 0 Å². The molecule has 0 radical (unpaired) electrons. The van der Waals surface area contributed by atoms with Crippen LogP contribution >= 0.6 is 11.6 Å². The number of fused-ring (bicyclic) bond motifs is 1. The van der Waals surface area contributed by atoms with E-state index in [1.807, 2.05) is 18.2 Å². The van der Waals surface area contributed by atoms with Gasteiger partial charge in [-0.25, -0.2) is 13.4 Å². The maximum atomic E-state index is 13.0. The molecule has 132 valence electrons. The average Bonchev–Trinajstić information content (AvgIpc) is 3.12. The Hall–Kier alpha value is -1.83. The minimum Gasteiger partial charge on any atom is -0.486 e. The number of hydrogen-bond acceptors (Lipinski definition) is 5. The molecule has 0 bridgehead atoms. The molecule has 6 nitrogen and oxygen atoms in total. The molecule has 0 N–H and O–H groups in total. The molecule has 2 aliphatic rings. The lowest BCUT2D eigenvalue weighted by molar-refractivity contribution is 0.171. The van der Waals surface area contributed by atoms with Gasteiger partial charge in [0.25, 0.3) is 0 Å². The van der Waals surface area contributed by atoms with E-state index in [0.717, 1.165) is 18.4 Å². The van der Waals surface area contributed by atoms with Gasteiger partial charge in [0.2, 0.25) is 10.0 Å². The Labute approximate surface area is 151 Å². The number of nitrogens with zero attached hydrogens (tertiary/aromatic N) is 2. The summed E-state index contributed by atoms with van der Waals surface area (Å²) < 4.78 is 38.7. The molecule has 0 amide bonds. The van der Waals surface area contributed by atoms with Gasteiger partial charge in [-0.1, -0.05) is 17.7 Å². The van der Waals surface area contributed by atoms with Gasteiger partial charge < -0.3 is 9.47 Å². The second-order valence-electron chi connectivity index (χ2n) is 5.99. The molecule has 1 fully saturated rings. The number of benzene rings is 1. The molecule has 0 unspecified atom stereocenters. The number of hydrogen-bond donors (Lipinski definition) is 0. The summed E-state index contributed by atoms with van der Waals surface area (Å²) in [6, 6.07) is 8.39. The molecule has 25 heavy (non-hydrogen) atoms. The Morgan fingerprint density at radius 2 is 1.92 bits per heavy atom. The first-order chi connectivity index (χ1) is 12.1. The van der Waals surface area contributed by atoms with Crippen LogP contribution in [0.25, 0.3) is 0 Å². The van der Waals surface area contributed by atoms with Crippen LogP contribution in [-0.2, 0) is 10.0 Å². The standard InChI is InChI=1S/C17H17ClN2O4S/c18-17-6-4-13(11-19-17)25(21,22)20-7-1-2-14(20)12-3-5-15-16(10-12)24-9-8-23-15/h3-6,10-11,14H,1-2,7-9H2/t14-/m0/s1. The van der Waals surface area contributed by atoms with Crippen LogP contribution in [0.3, 0.4) is 0 Å². The largest absolute Gasteiger partial charge is 0.486 e. The molecule has 1 aromatic heterocycles. The van der Waals surface area contributed by atoms with E-state index in [2.05, 4.69) is 4.98 Å². The van der Waals surface area contributed by atoms with E-state index < -0.39 is 10.0 Å². The second-order valence-corrected chi connectivity index (χ2v) is 8.27. The zero-order valence-electron chi connectivity index (χ0n) is 13.4. The van der Waals surface area contributed by atoms with E-state index >= 15 is 0 Å². The highest BCUT2D eigenvalue weighted by Gasteiger charge is 2.36. The topological polar surface area (TPSA) is 68.7 Å². The molecule has 1 saturated heterocycles. The van der Waals surface area contributed by atoms with Crippen molar-refractivity contribution in [3.8, 4) is 11.5 Å². The highest BCUT2D eigenvalue weighted by molar-refractivity contribution is 7.89. The molecule has 0 aliphatic carbocycles. The van der Waals surface area contributed by atoms with Crippen molar-refractivity contribution in [3.63, 3.8) is 0 Å². The van der Waals surface area contributed by atoms with E-state index in [1.54, 1.807) is 0 Å². The van der Waals surface area contributed by atoms with Gasteiger partial charge in [-0.15, -0.1) is 0 Å². The summed E-state index contributed by atoms with van der Waals surface area (Å²) in [6.07, 6.45) is 2.87. The number of aromatic nitrogens is 1. The van der Waals surface area contributed by atoms with E-state index in [0.29, 0.717) is 31.3 Å². The lowest BCUT2D eigenvalue weighted by atomic mass is 10.0. The summed E-state index contributed by atoms with van der Waals surface area (Å²) in [5, 5.41) is 0.267. The fraction of sp³-hybridized carbons (Fsp3) is 0.353. The summed E-state index contributed by atoms with van der Waals surface area (Å²) in [7, 11) is -3.63. The molecule has 8 heteroatoms. The van der Waals surface area contributed by atoms with Crippen molar-refractivity contribution in [2.24, 2.45) is 0 Å². The third-order valence-electron chi connectivity index (χ3n) is 4.46. The van der Waals surface area contributed by atoms with Crippen LogP contribution in [0.2, 0.25) is 5.15 Å². The Balaban J connectivity index is 1.67. The van der Waals surface area contributed by atoms with Crippen molar-refractivity contribution in [2.45, 2.75) is 23.8 Å². The first-order valence-corrected chi connectivity index (χ1v) is 9.90. The van der Waals surface area contributed by atoms with Crippen molar-refractivity contribution in [3.05, 3.63) is 47.2 Å². The maximum absolute atomic E-state index is 13.0. The molecule has 3 heterocycles. The number of pyridine rings is 1. The summed E-state index contributed by atoms with van der Waals surface area (Å²) in [5.41, 5.74) is 0.909. The molecule has 0 spiro atoms. The molecule has 2 aromatic rings. The van der Waals surface area contributed by atoms with Crippen LogP contribution in [0.15, 0.2) is 41.4 Å². The summed E-state index contributed by atoms with van der Waals surface area (Å²) >= 11 is 5.77. The van der Waals surface area contributed by atoms with Crippen LogP contribution in [0.5, 0.6) is 11.5 Å². The van der Waals surface area contributed by atoms with Crippen LogP contribution in [-0.4, -0.2) is 37.5 Å². The van der Waals surface area contributed by atoms with E-state index in [9.17, 15) is 8.42 Å². The van der Waals surface area contributed by atoms with E-state index in [1.165, 1.54) is 22.6 Å². The van der Waals surface area contributed by atoms with Gasteiger partial charge in [0.1, 0.15) is 23.3 Å². The van der Waals surface area contributed by atoms with Gasteiger partial charge in [0.05, 0.1) is 6.04 Å². The number of ether oxygens (including phenoxy) is 2. The van der Waals surface area contributed by atoms with Gasteiger partial charge in [-0.05, 0) is 42.7 Å². The van der Waals surface area contributed by atoms with Crippen LogP contribution < -0.4 is 9.47 Å². The molecular formula is C17H17ClN2O4S. The van der Waals surface area contributed by atoms with Crippen LogP contribution in [0.1, 0.15) is 24.4 Å². The minimum atomic E-state index is -3.63. The lowest BCUT2D eigenvalue weighted by Crippen LogP contribution is -2.30. The Morgan fingerprint density at radius 3 is 2.68 bits per heavy atom. The van der Waals surface area contributed by atoms with E-state index in [4.69, 9.17) is 21.1 Å². The van der Waals surface area contributed by atoms with Crippen molar-refractivity contribution < 1.29 is 17.9 Å². The second kappa shape index (κ2) is 6.48. The highest BCUT2D eigenvalue weighted by Crippen LogP contribution is 2.40. The third-order valence-corrected chi connectivity index (χ3v) is 6.58. The Kier molecular flexibility index (Phi) is 4.31. The molecular weight excluding hydrogens is 364 g/mol. The number of sulfonamides is 1. The smallest absolute Gasteiger partial charge is 0.245 e. The van der Waals surface area contributed by atoms with Gasteiger partial charge >= 0.3 is 0 Å². The number of halogens is 1. The minimum absolute atomic E-state index is 0.154. The summed E-state index contributed by atoms with van der Waals surface area (Å²) in [4.78, 5) is 4.05. The SMILES string of the molecule is O=S(=O)(c1ccc(Cl)nc1)N1CCC[C@H]1c1ccc2c(c1)OCCO2. The van der Waals surface area contributed by atoms with Gasteiger partial charge in [0.15, 0.2) is 11.5 Å². The Morgan fingerprint density at radius 1 is 1.12 bits per heavy atom. The predicted octanol–water partition coefficient (Wildman–Crippen LogP) is 3.03. The zero-order chi connectivity index (χ0) is 17.4. The monoisotopic (exact) mass is 380 g/mol. The van der Waals surface area contributed by atoms with E-state index in [-0.39, 0.29) is 16.1 Å². The van der Waals surface area contributed by atoms with Crippen molar-refractivity contribution in [2.75, 3.05) is 19.8 Å². The molecule has 1 aromatic carbocycles. The van der Waals surface area contributed by atoms with Gasteiger partial charge in [-0.2, -0.15) is 4.31 Å². The first kappa shape index (κ1) is 16.6.